The quantitative estimate of drug-likeness (QED) is 0.825. The Morgan fingerprint density at radius 2 is 1.75 bits per heavy atom. The molecule has 0 aromatic heterocycles. The Kier molecular flexibility index (Phi) is 4.51. The van der Waals surface area contributed by atoms with Crippen molar-refractivity contribution in [1.82, 2.24) is 4.90 Å². The average molecular weight is 220 g/mol. The Balaban J connectivity index is 2.50. The molecule has 90 valence electrons. The van der Waals surface area contributed by atoms with Crippen LogP contribution >= 0.6 is 0 Å². The Morgan fingerprint density at radius 3 is 2.25 bits per heavy atom. The summed E-state index contributed by atoms with van der Waals surface area (Å²) in [6.07, 6.45) is 2.08. The Morgan fingerprint density at radius 1 is 1.19 bits per heavy atom. The lowest BCUT2D eigenvalue weighted by Gasteiger charge is -2.38. The van der Waals surface area contributed by atoms with E-state index in [1.54, 1.807) is 0 Å². The molecule has 0 spiro atoms. The average Bonchev–Trinajstić information content (AvgIpc) is 2.27. The summed E-state index contributed by atoms with van der Waals surface area (Å²) in [6, 6.07) is 10.7. The highest BCUT2D eigenvalue weighted by Crippen LogP contribution is 2.18. The lowest BCUT2D eigenvalue weighted by Crippen LogP contribution is -2.53. The van der Waals surface area contributed by atoms with Crippen LogP contribution in [0.1, 0.15) is 25.8 Å². The van der Waals surface area contributed by atoms with Gasteiger partial charge in [-0.15, -0.1) is 0 Å². The van der Waals surface area contributed by atoms with Gasteiger partial charge < -0.3 is 10.6 Å². The van der Waals surface area contributed by atoms with Crippen LogP contribution in [-0.4, -0.2) is 30.6 Å². The van der Waals surface area contributed by atoms with Gasteiger partial charge in [0.25, 0.3) is 0 Å². The highest BCUT2D eigenvalue weighted by Gasteiger charge is 2.27. The molecule has 0 amide bonds. The fraction of sp³-hybridized carbons (Fsp3) is 0.571. The van der Waals surface area contributed by atoms with Gasteiger partial charge in [0.2, 0.25) is 0 Å². The molecule has 16 heavy (non-hydrogen) atoms. The van der Waals surface area contributed by atoms with E-state index in [0.29, 0.717) is 0 Å². The maximum Gasteiger partial charge on any atom is 0.0298 e. The van der Waals surface area contributed by atoms with Gasteiger partial charge in [0.05, 0.1) is 0 Å². The lowest BCUT2D eigenvalue weighted by atomic mass is 9.89. The first-order valence-corrected chi connectivity index (χ1v) is 5.91. The van der Waals surface area contributed by atoms with E-state index in [2.05, 4.69) is 57.1 Å². The molecule has 0 bridgehead atoms. The molecule has 1 atom stereocenters. The molecule has 1 aromatic rings. The highest BCUT2D eigenvalue weighted by atomic mass is 15.2. The number of benzene rings is 1. The molecule has 2 N–H and O–H groups in total. The van der Waals surface area contributed by atoms with E-state index in [9.17, 15) is 0 Å². The summed E-state index contributed by atoms with van der Waals surface area (Å²) in [5, 5.41) is 0. The molecule has 2 heteroatoms. The monoisotopic (exact) mass is 220 g/mol. The number of rotatable bonds is 5. The van der Waals surface area contributed by atoms with Gasteiger partial charge in [-0.25, -0.2) is 0 Å². The predicted octanol–water partition coefficient (Wildman–Crippen LogP) is 2.29. The lowest BCUT2D eigenvalue weighted by molar-refractivity contribution is 0.153. The van der Waals surface area contributed by atoms with Gasteiger partial charge in [-0.2, -0.15) is 0 Å². The predicted molar refractivity (Wildman–Crippen MR) is 70.5 cm³/mol. The summed E-state index contributed by atoms with van der Waals surface area (Å²) in [5.41, 5.74) is 7.68. The third-order valence-electron chi connectivity index (χ3n) is 3.65. The summed E-state index contributed by atoms with van der Waals surface area (Å²) < 4.78 is 0. The summed E-state index contributed by atoms with van der Waals surface area (Å²) in [7, 11) is 4.17. The molecule has 0 aliphatic carbocycles. The van der Waals surface area contributed by atoms with E-state index in [0.717, 1.165) is 12.8 Å². The van der Waals surface area contributed by atoms with Gasteiger partial charge in [-0.1, -0.05) is 30.3 Å². The molecule has 0 saturated heterocycles. The van der Waals surface area contributed by atoms with Gasteiger partial charge in [0.1, 0.15) is 0 Å². The van der Waals surface area contributed by atoms with E-state index in [4.69, 9.17) is 5.73 Å². The molecule has 2 nitrogen and oxygen atoms in total. The van der Waals surface area contributed by atoms with E-state index >= 15 is 0 Å². The Labute approximate surface area is 99.5 Å². The van der Waals surface area contributed by atoms with E-state index in [-0.39, 0.29) is 11.6 Å². The molecule has 0 saturated carbocycles. The van der Waals surface area contributed by atoms with Crippen LogP contribution in [0.3, 0.4) is 0 Å². The number of likely N-dealkylation sites (N-methyl/N-ethyl adjacent to an activating group) is 1. The second-order valence-corrected chi connectivity index (χ2v) is 5.18. The SMILES string of the molecule is CN(C)C(C)(C)C(N)CCc1ccccc1. The van der Waals surface area contributed by atoms with Gasteiger partial charge >= 0.3 is 0 Å². The van der Waals surface area contributed by atoms with Crippen molar-refractivity contribution in [3.05, 3.63) is 35.9 Å². The first-order chi connectivity index (χ1) is 7.44. The van der Waals surface area contributed by atoms with E-state index in [1.807, 2.05) is 6.07 Å². The molecule has 1 aromatic carbocycles. The van der Waals surface area contributed by atoms with Crippen molar-refractivity contribution >= 4 is 0 Å². The summed E-state index contributed by atoms with van der Waals surface area (Å²) in [5.74, 6) is 0. The summed E-state index contributed by atoms with van der Waals surface area (Å²) >= 11 is 0. The third-order valence-corrected chi connectivity index (χ3v) is 3.65. The number of hydrogen-bond acceptors (Lipinski definition) is 2. The number of hydrogen-bond donors (Lipinski definition) is 1. The maximum absolute atomic E-state index is 6.26. The molecule has 1 unspecified atom stereocenters. The fourth-order valence-corrected chi connectivity index (χ4v) is 1.65. The van der Waals surface area contributed by atoms with Crippen molar-refractivity contribution in [3.63, 3.8) is 0 Å². The minimum Gasteiger partial charge on any atom is -0.326 e. The van der Waals surface area contributed by atoms with Gasteiger partial charge in [-0.3, -0.25) is 0 Å². The number of nitrogens with two attached hydrogens (primary N) is 1. The van der Waals surface area contributed by atoms with Crippen molar-refractivity contribution in [2.45, 2.75) is 38.3 Å². The van der Waals surface area contributed by atoms with E-state index < -0.39 is 0 Å². The molecular formula is C14H24N2. The van der Waals surface area contributed by atoms with Gasteiger partial charge in [0.15, 0.2) is 0 Å². The second kappa shape index (κ2) is 5.46. The molecule has 1 rings (SSSR count). The summed E-state index contributed by atoms with van der Waals surface area (Å²) in [4.78, 5) is 2.20. The van der Waals surface area contributed by atoms with Gasteiger partial charge in [0, 0.05) is 11.6 Å². The molecule has 0 heterocycles. The topological polar surface area (TPSA) is 29.3 Å². The highest BCUT2D eigenvalue weighted by molar-refractivity contribution is 5.15. The minimum atomic E-state index is 0.0504. The zero-order valence-electron chi connectivity index (χ0n) is 10.9. The zero-order chi connectivity index (χ0) is 12.2. The van der Waals surface area contributed by atoms with Crippen LogP contribution in [-0.2, 0) is 6.42 Å². The third kappa shape index (κ3) is 3.32. The Hall–Kier alpha value is -0.860. The van der Waals surface area contributed by atoms with Crippen molar-refractivity contribution < 1.29 is 0 Å². The van der Waals surface area contributed by atoms with Crippen LogP contribution < -0.4 is 5.73 Å². The van der Waals surface area contributed by atoms with Crippen LogP contribution in [0.4, 0.5) is 0 Å². The standard InChI is InChI=1S/C14H24N2/c1-14(2,16(3)4)13(15)11-10-12-8-6-5-7-9-12/h5-9,13H,10-11,15H2,1-4H3. The summed E-state index contributed by atoms with van der Waals surface area (Å²) in [6.45, 7) is 4.39. The maximum atomic E-state index is 6.26. The van der Waals surface area contributed by atoms with Crippen LogP contribution in [0.25, 0.3) is 0 Å². The van der Waals surface area contributed by atoms with Crippen LogP contribution in [0.5, 0.6) is 0 Å². The number of nitrogens with zero attached hydrogens (tertiary/aromatic N) is 1. The second-order valence-electron chi connectivity index (χ2n) is 5.18. The Bertz CT molecular complexity index is 304. The van der Waals surface area contributed by atoms with Crippen LogP contribution in [0.15, 0.2) is 30.3 Å². The number of aryl methyl sites for hydroxylation is 1. The van der Waals surface area contributed by atoms with Crippen molar-refractivity contribution in [2.24, 2.45) is 5.73 Å². The van der Waals surface area contributed by atoms with Crippen LogP contribution in [0, 0.1) is 0 Å². The molecule has 0 aliphatic heterocycles. The normalized spacial score (nSPS) is 14.1. The smallest absolute Gasteiger partial charge is 0.0298 e. The molecule has 0 aliphatic rings. The molecule has 0 fully saturated rings. The molecule has 0 radical (unpaired) electrons. The van der Waals surface area contributed by atoms with Crippen LogP contribution in [0.2, 0.25) is 0 Å². The largest absolute Gasteiger partial charge is 0.326 e. The van der Waals surface area contributed by atoms with Crippen molar-refractivity contribution in [1.29, 1.82) is 0 Å². The first-order valence-electron chi connectivity index (χ1n) is 5.91. The minimum absolute atomic E-state index is 0.0504. The zero-order valence-corrected chi connectivity index (χ0v) is 10.9. The van der Waals surface area contributed by atoms with E-state index in [1.165, 1.54) is 5.56 Å². The first kappa shape index (κ1) is 13.2. The van der Waals surface area contributed by atoms with Crippen molar-refractivity contribution in [3.8, 4) is 0 Å². The van der Waals surface area contributed by atoms with Crippen molar-refractivity contribution in [2.75, 3.05) is 14.1 Å². The molecular weight excluding hydrogens is 196 g/mol. The fourth-order valence-electron chi connectivity index (χ4n) is 1.65. The van der Waals surface area contributed by atoms with Gasteiger partial charge in [-0.05, 0) is 46.3 Å².